The van der Waals surface area contributed by atoms with Crippen molar-refractivity contribution in [2.45, 2.75) is 38.0 Å². The average Bonchev–Trinajstić information content (AvgIpc) is 3.32. The van der Waals surface area contributed by atoms with E-state index in [1.807, 2.05) is 6.07 Å². The largest absolute Gasteiger partial charge is 0.399 e. The highest BCUT2D eigenvalue weighted by Gasteiger charge is 2.34. The average molecular weight is 345 g/mol. The number of aryl methyl sites for hydroxylation is 1. The fraction of sp³-hybridized carbons (Fsp3) is 0.389. The van der Waals surface area contributed by atoms with Crippen molar-refractivity contribution in [3.63, 3.8) is 0 Å². The third-order valence-corrected chi connectivity index (χ3v) is 5.01. The zero-order valence-electron chi connectivity index (χ0n) is 13.3. The maximum Gasteiger partial charge on any atom is 0.199 e. The molecule has 1 fully saturated rings. The van der Waals surface area contributed by atoms with Crippen LogP contribution in [0.4, 0.5) is 0 Å². The summed E-state index contributed by atoms with van der Waals surface area (Å²) in [6.45, 7) is 0. The van der Waals surface area contributed by atoms with Gasteiger partial charge in [0.05, 0.1) is 22.5 Å². The zero-order valence-corrected chi connectivity index (χ0v) is 14.1. The molecule has 0 spiro atoms. The molecule has 0 radical (unpaired) electrons. The summed E-state index contributed by atoms with van der Waals surface area (Å²) >= 11 is 6.61. The van der Waals surface area contributed by atoms with Gasteiger partial charge in [-0.15, -0.1) is 0 Å². The van der Waals surface area contributed by atoms with Crippen LogP contribution in [-0.4, -0.2) is 23.8 Å². The van der Waals surface area contributed by atoms with Gasteiger partial charge in [0.25, 0.3) is 0 Å². The predicted molar refractivity (Wildman–Crippen MR) is 89.8 cm³/mol. The topological polar surface area (TPSA) is 64.7 Å². The van der Waals surface area contributed by atoms with E-state index in [0.29, 0.717) is 27.8 Å². The van der Waals surface area contributed by atoms with Crippen molar-refractivity contribution in [3.8, 4) is 0 Å². The van der Waals surface area contributed by atoms with Crippen molar-refractivity contribution >= 4 is 23.1 Å². The van der Waals surface area contributed by atoms with Gasteiger partial charge in [-0.2, -0.15) is 0 Å². The Kier molecular flexibility index (Phi) is 3.88. The standard InChI is InChI=1S/C18H17ClN2O3/c1-23-21-14-4-2-3-10-7-8-12(16(19)15(10)14)17(22)13-9-20-24-18(13)11-5-6-11/h7-9,11H,2-6H2,1H3/b21-14-. The summed E-state index contributed by atoms with van der Waals surface area (Å²) in [6, 6.07) is 3.76. The second-order valence-electron chi connectivity index (χ2n) is 6.24. The van der Waals surface area contributed by atoms with E-state index in [0.717, 1.165) is 48.9 Å². The number of rotatable bonds is 4. The first-order valence-corrected chi connectivity index (χ1v) is 8.49. The first-order chi connectivity index (χ1) is 11.7. The van der Waals surface area contributed by atoms with E-state index in [1.54, 1.807) is 6.07 Å². The summed E-state index contributed by atoms with van der Waals surface area (Å²) in [7, 11) is 1.52. The molecule has 0 N–H and O–H groups in total. The number of hydrogen-bond acceptors (Lipinski definition) is 5. The van der Waals surface area contributed by atoms with E-state index in [1.165, 1.54) is 13.3 Å². The lowest BCUT2D eigenvalue weighted by atomic mass is 9.87. The summed E-state index contributed by atoms with van der Waals surface area (Å²) in [5.74, 6) is 0.848. The van der Waals surface area contributed by atoms with Crippen LogP contribution in [0.5, 0.6) is 0 Å². The molecule has 1 aromatic carbocycles. The molecule has 0 bridgehead atoms. The van der Waals surface area contributed by atoms with Crippen molar-refractivity contribution in [2.24, 2.45) is 5.16 Å². The second kappa shape index (κ2) is 6.06. The van der Waals surface area contributed by atoms with Crippen LogP contribution < -0.4 is 0 Å². The minimum absolute atomic E-state index is 0.145. The zero-order chi connectivity index (χ0) is 16.7. The number of carbonyl (C=O) groups is 1. The Hall–Kier alpha value is -2.14. The minimum Gasteiger partial charge on any atom is -0.399 e. The predicted octanol–water partition coefficient (Wildman–Crippen LogP) is 4.12. The maximum atomic E-state index is 13.0. The van der Waals surface area contributed by atoms with E-state index in [-0.39, 0.29) is 5.78 Å². The Labute approximate surface area is 144 Å². The Morgan fingerprint density at radius 1 is 1.33 bits per heavy atom. The summed E-state index contributed by atoms with van der Waals surface area (Å²) in [4.78, 5) is 17.9. The molecule has 0 saturated heterocycles. The summed E-state index contributed by atoms with van der Waals surface area (Å²) in [5, 5.41) is 8.34. The van der Waals surface area contributed by atoms with Gasteiger partial charge in [-0.25, -0.2) is 0 Å². The minimum atomic E-state index is -0.145. The van der Waals surface area contributed by atoms with Crippen molar-refractivity contribution in [1.29, 1.82) is 0 Å². The lowest BCUT2D eigenvalue weighted by Crippen LogP contribution is -2.15. The van der Waals surface area contributed by atoms with Crippen LogP contribution >= 0.6 is 11.6 Å². The molecular formula is C18H17ClN2O3. The number of nitrogens with zero attached hydrogens (tertiary/aromatic N) is 2. The molecule has 24 heavy (non-hydrogen) atoms. The molecular weight excluding hydrogens is 328 g/mol. The second-order valence-corrected chi connectivity index (χ2v) is 6.62. The van der Waals surface area contributed by atoms with Gasteiger partial charge in [0.1, 0.15) is 7.11 Å². The fourth-order valence-electron chi connectivity index (χ4n) is 3.29. The van der Waals surface area contributed by atoms with Gasteiger partial charge in [0.15, 0.2) is 11.5 Å². The third-order valence-electron chi connectivity index (χ3n) is 4.61. The van der Waals surface area contributed by atoms with Crippen LogP contribution in [0.25, 0.3) is 0 Å². The first kappa shape index (κ1) is 15.4. The number of carbonyl (C=O) groups excluding carboxylic acids is 1. The molecule has 2 aromatic rings. The highest BCUT2D eigenvalue weighted by atomic mass is 35.5. The van der Waals surface area contributed by atoms with E-state index >= 15 is 0 Å². The van der Waals surface area contributed by atoms with Crippen molar-refractivity contribution in [2.75, 3.05) is 7.11 Å². The van der Waals surface area contributed by atoms with Crippen LogP contribution in [-0.2, 0) is 11.3 Å². The molecule has 1 heterocycles. The van der Waals surface area contributed by atoms with E-state index < -0.39 is 0 Å². The summed E-state index contributed by atoms with van der Waals surface area (Å²) in [6.07, 6.45) is 6.29. The maximum absolute atomic E-state index is 13.0. The molecule has 124 valence electrons. The molecule has 4 rings (SSSR count). The van der Waals surface area contributed by atoms with Crippen LogP contribution in [0, 0.1) is 0 Å². The lowest BCUT2D eigenvalue weighted by Gasteiger charge is -2.20. The van der Waals surface area contributed by atoms with E-state index in [2.05, 4.69) is 10.3 Å². The third kappa shape index (κ3) is 2.53. The molecule has 5 nitrogen and oxygen atoms in total. The molecule has 0 aliphatic heterocycles. The van der Waals surface area contributed by atoms with Gasteiger partial charge in [-0.05, 0) is 43.7 Å². The fourth-order valence-corrected chi connectivity index (χ4v) is 3.67. The Morgan fingerprint density at radius 3 is 2.92 bits per heavy atom. The van der Waals surface area contributed by atoms with Crippen LogP contribution in [0.1, 0.15) is 64.4 Å². The summed E-state index contributed by atoms with van der Waals surface area (Å²) < 4.78 is 5.29. The summed E-state index contributed by atoms with van der Waals surface area (Å²) in [5.41, 5.74) is 3.71. The van der Waals surface area contributed by atoms with Gasteiger partial charge < -0.3 is 9.36 Å². The van der Waals surface area contributed by atoms with Crippen LogP contribution in [0.2, 0.25) is 5.02 Å². The van der Waals surface area contributed by atoms with Crippen molar-refractivity contribution < 1.29 is 14.2 Å². The van der Waals surface area contributed by atoms with Gasteiger partial charge in [0, 0.05) is 17.0 Å². The molecule has 0 amide bonds. The van der Waals surface area contributed by atoms with E-state index in [4.69, 9.17) is 21.0 Å². The molecule has 1 aromatic heterocycles. The number of benzene rings is 1. The smallest absolute Gasteiger partial charge is 0.199 e. The Morgan fingerprint density at radius 2 is 2.17 bits per heavy atom. The molecule has 6 heteroatoms. The Balaban J connectivity index is 1.79. The van der Waals surface area contributed by atoms with Crippen LogP contribution in [0.15, 0.2) is 28.0 Å². The van der Waals surface area contributed by atoms with Gasteiger partial charge in [-0.3, -0.25) is 4.79 Å². The number of oxime groups is 1. The van der Waals surface area contributed by atoms with E-state index in [9.17, 15) is 4.79 Å². The molecule has 2 aliphatic rings. The van der Waals surface area contributed by atoms with Crippen LogP contribution in [0.3, 0.4) is 0 Å². The van der Waals surface area contributed by atoms with Crippen molar-refractivity contribution in [1.82, 2.24) is 5.16 Å². The highest BCUT2D eigenvalue weighted by Crippen LogP contribution is 2.42. The SMILES string of the molecule is CO/N=C1/CCCc2ccc(C(=O)c3cnoc3C3CC3)c(Cl)c21. The number of aromatic nitrogens is 1. The molecule has 1 saturated carbocycles. The molecule has 0 atom stereocenters. The monoisotopic (exact) mass is 344 g/mol. The molecule has 2 aliphatic carbocycles. The lowest BCUT2D eigenvalue weighted by molar-refractivity contribution is 0.103. The number of hydrogen-bond donors (Lipinski definition) is 0. The normalized spacial score (nSPS) is 18.5. The van der Waals surface area contributed by atoms with Crippen molar-refractivity contribution in [3.05, 3.63) is 51.4 Å². The number of ketones is 1. The van der Waals surface area contributed by atoms with Gasteiger partial charge >= 0.3 is 0 Å². The van der Waals surface area contributed by atoms with Gasteiger partial charge in [0.2, 0.25) is 0 Å². The molecule has 0 unspecified atom stereocenters. The van der Waals surface area contributed by atoms with Gasteiger partial charge in [-0.1, -0.05) is 28.0 Å². The Bertz CT molecular complexity index is 837. The highest BCUT2D eigenvalue weighted by molar-refractivity contribution is 6.38. The number of fused-ring (bicyclic) bond motifs is 1. The number of halogens is 1. The first-order valence-electron chi connectivity index (χ1n) is 8.11. The quantitative estimate of drug-likeness (QED) is 0.618.